The highest BCUT2D eigenvalue weighted by molar-refractivity contribution is 6.00. The van der Waals surface area contributed by atoms with Crippen molar-refractivity contribution in [3.05, 3.63) is 96.1 Å². The summed E-state index contributed by atoms with van der Waals surface area (Å²) >= 11 is 0. The number of aryl methyl sites for hydroxylation is 1. The van der Waals surface area contributed by atoms with Gasteiger partial charge in [0.1, 0.15) is 12.3 Å². The zero-order valence-corrected chi connectivity index (χ0v) is 25.6. The van der Waals surface area contributed by atoms with E-state index in [2.05, 4.69) is 16.0 Å². The van der Waals surface area contributed by atoms with Gasteiger partial charge in [0.25, 0.3) is 5.91 Å². The average molecular weight is 602 g/mol. The summed E-state index contributed by atoms with van der Waals surface area (Å²) < 4.78 is 5.20. The number of epoxide rings is 1. The van der Waals surface area contributed by atoms with E-state index >= 15 is 0 Å². The van der Waals surface area contributed by atoms with Crippen LogP contribution < -0.4 is 16.0 Å². The number of amides is 2. The summed E-state index contributed by atoms with van der Waals surface area (Å²) in [5.41, 5.74) is 2.30. The Morgan fingerprint density at radius 3 is 2.11 bits per heavy atom. The summed E-state index contributed by atoms with van der Waals surface area (Å²) in [5.74, 6) is -1.09. The molecule has 3 aromatic carbocycles. The van der Waals surface area contributed by atoms with Crippen LogP contribution in [0.1, 0.15) is 42.6 Å². The highest BCUT2D eigenvalue weighted by Crippen LogP contribution is 2.30. The Kier molecular flexibility index (Phi) is 13.4. The van der Waals surface area contributed by atoms with Crippen molar-refractivity contribution in [2.75, 3.05) is 26.8 Å². The highest BCUT2D eigenvalue weighted by Gasteiger charge is 2.54. The molecule has 9 nitrogen and oxygen atoms in total. The number of aliphatic hydroxyl groups is 1. The maximum atomic E-state index is 13.1. The molecule has 2 amide bonds. The van der Waals surface area contributed by atoms with Gasteiger partial charge in [0.05, 0.1) is 19.3 Å². The molecule has 0 spiro atoms. The van der Waals surface area contributed by atoms with Gasteiger partial charge in [-0.2, -0.15) is 0 Å². The summed E-state index contributed by atoms with van der Waals surface area (Å²) in [5, 5.41) is 18.0. The summed E-state index contributed by atoms with van der Waals surface area (Å²) in [7, 11) is 1.68. The minimum absolute atomic E-state index is 0.127. The number of likely N-dealkylation sites (N-methyl/N-ethyl adjacent to an activating group) is 1. The van der Waals surface area contributed by atoms with Crippen LogP contribution >= 0.6 is 0 Å². The van der Waals surface area contributed by atoms with Crippen molar-refractivity contribution in [2.45, 2.75) is 50.8 Å². The van der Waals surface area contributed by atoms with E-state index in [4.69, 9.17) is 4.74 Å². The van der Waals surface area contributed by atoms with Gasteiger partial charge >= 0.3 is 0 Å². The largest absolute Gasteiger partial charge is 0.393 e. The molecule has 234 valence electrons. The molecule has 1 aliphatic heterocycles. The lowest BCUT2D eigenvalue weighted by atomic mass is 9.92. The zero-order chi connectivity index (χ0) is 32.0. The third-order valence-electron chi connectivity index (χ3n) is 7.19. The topological polar surface area (TPSA) is 137 Å². The number of carbonyl (C=O) groups is 4. The van der Waals surface area contributed by atoms with Crippen LogP contribution in [0.4, 0.5) is 0 Å². The van der Waals surface area contributed by atoms with Crippen molar-refractivity contribution in [2.24, 2.45) is 5.92 Å². The Morgan fingerprint density at radius 2 is 1.55 bits per heavy atom. The van der Waals surface area contributed by atoms with Crippen LogP contribution in [0, 0.1) is 5.92 Å². The van der Waals surface area contributed by atoms with Crippen molar-refractivity contribution in [3.8, 4) is 11.1 Å². The van der Waals surface area contributed by atoms with Crippen LogP contribution in [0.15, 0.2) is 84.9 Å². The SMILES string of the molecule is CNC[C@H](NC(=O)c1cccc(-c2ccccc2)c1)C(=O)NC(CC(C)C)C(=O)C1(CO)CO1.O=CCCc1ccccc1. The molecule has 1 aliphatic rings. The molecular formula is C35H43N3O6. The molecule has 0 saturated carbocycles. The summed E-state index contributed by atoms with van der Waals surface area (Å²) in [4.78, 5) is 49.0. The molecule has 1 heterocycles. The zero-order valence-electron chi connectivity index (χ0n) is 25.6. The second kappa shape index (κ2) is 17.2. The van der Waals surface area contributed by atoms with Crippen LogP contribution in [0.2, 0.25) is 0 Å². The Labute approximate surface area is 259 Å². The van der Waals surface area contributed by atoms with E-state index in [-0.39, 0.29) is 24.9 Å². The first-order valence-corrected chi connectivity index (χ1v) is 14.9. The van der Waals surface area contributed by atoms with Crippen LogP contribution in [-0.2, 0) is 25.5 Å². The van der Waals surface area contributed by atoms with Gasteiger partial charge in [-0.3, -0.25) is 14.4 Å². The quantitative estimate of drug-likeness (QED) is 0.155. The third-order valence-corrected chi connectivity index (χ3v) is 7.19. The van der Waals surface area contributed by atoms with E-state index in [1.807, 2.05) is 80.6 Å². The van der Waals surface area contributed by atoms with Crippen molar-refractivity contribution >= 4 is 23.9 Å². The third kappa shape index (κ3) is 10.2. The number of carbonyl (C=O) groups excluding carboxylic acids is 4. The maximum absolute atomic E-state index is 13.1. The number of hydrogen-bond acceptors (Lipinski definition) is 7. The first kappa shape index (κ1) is 34.3. The minimum Gasteiger partial charge on any atom is -0.393 e. The molecule has 3 atom stereocenters. The molecule has 0 bridgehead atoms. The summed E-state index contributed by atoms with van der Waals surface area (Å²) in [6.07, 6.45) is 2.84. The fourth-order valence-electron chi connectivity index (χ4n) is 4.69. The lowest BCUT2D eigenvalue weighted by Gasteiger charge is -2.25. The first-order chi connectivity index (χ1) is 21.2. The van der Waals surface area contributed by atoms with Crippen LogP contribution in [0.5, 0.6) is 0 Å². The van der Waals surface area contributed by atoms with E-state index in [1.54, 1.807) is 25.2 Å². The number of nitrogens with one attached hydrogen (secondary N) is 3. The van der Waals surface area contributed by atoms with E-state index in [0.29, 0.717) is 18.4 Å². The van der Waals surface area contributed by atoms with Gasteiger partial charge in [-0.1, -0.05) is 86.6 Å². The average Bonchev–Trinajstić information content (AvgIpc) is 3.85. The second-order valence-corrected chi connectivity index (χ2v) is 11.2. The van der Waals surface area contributed by atoms with Gasteiger partial charge in [0.15, 0.2) is 11.4 Å². The Morgan fingerprint density at radius 1 is 0.909 bits per heavy atom. The molecule has 1 saturated heterocycles. The number of rotatable bonds is 15. The number of benzene rings is 3. The van der Waals surface area contributed by atoms with E-state index in [1.165, 1.54) is 5.56 Å². The molecule has 44 heavy (non-hydrogen) atoms. The van der Waals surface area contributed by atoms with Gasteiger partial charge in [-0.05, 0) is 54.6 Å². The first-order valence-electron chi connectivity index (χ1n) is 14.9. The lowest BCUT2D eigenvalue weighted by molar-refractivity contribution is -0.132. The number of aldehydes is 1. The number of aliphatic hydroxyl groups excluding tert-OH is 1. The van der Waals surface area contributed by atoms with Crippen molar-refractivity contribution in [3.63, 3.8) is 0 Å². The minimum atomic E-state index is -1.23. The lowest BCUT2D eigenvalue weighted by Crippen LogP contribution is -2.56. The number of ketones is 1. The molecule has 1 fully saturated rings. The summed E-state index contributed by atoms with van der Waals surface area (Å²) in [6, 6.07) is 25.2. The van der Waals surface area contributed by atoms with Crippen LogP contribution in [-0.4, -0.2) is 73.5 Å². The fourth-order valence-corrected chi connectivity index (χ4v) is 4.69. The van der Waals surface area contributed by atoms with Crippen molar-refractivity contribution < 1.29 is 29.0 Å². The molecule has 4 rings (SSSR count). The number of hydrogen-bond donors (Lipinski definition) is 4. The predicted octanol–water partition coefficient (Wildman–Crippen LogP) is 3.35. The summed E-state index contributed by atoms with van der Waals surface area (Å²) in [6.45, 7) is 3.78. The fraction of sp³-hybridized carbons (Fsp3) is 0.371. The normalized spacial score (nSPS) is 16.6. The Balaban J connectivity index is 0.000000448. The number of Topliss-reactive ketones (excluding diaryl/α,β-unsaturated/α-hetero) is 1. The smallest absolute Gasteiger partial charge is 0.251 e. The van der Waals surface area contributed by atoms with Crippen LogP contribution in [0.25, 0.3) is 11.1 Å². The van der Waals surface area contributed by atoms with E-state index in [9.17, 15) is 24.3 Å². The molecule has 9 heteroatoms. The Hall–Kier alpha value is -4.18. The van der Waals surface area contributed by atoms with Crippen molar-refractivity contribution in [1.29, 1.82) is 0 Å². The molecule has 0 aromatic heterocycles. The monoisotopic (exact) mass is 601 g/mol. The molecular weight excluding hydrogens is 558 g/mol. The maximum Gasteiger partial charge on any atom is 0.251 e. The van der Waals surface area contributed by atoms with Gasteiger partial charge in [-0.15, -0.1) is 0 Å². The van der Waals surface area contributed by atoms with Crippen molar-refractivity contribution in [1.82, 2.24) is 16.0 Å². The van der Waals surface area contributed by atoms with Gasteiger partial charge < -0.3 is 30.6 Å². The van der Waals surface area contributed by atoms with Gasteiger partial charge in [0, 0.05) is 18.5 Å². The molecule has 3 aromatic rings. The van der Waals surface area contributed by atoms with Crippen LogP contribution in [0.3, 0.4) is 0 Å². The Bertz CT molecular complexity index is 1360. The van der Waals surface area contributed by atoms with Gasteiger partial charge in [-0.25, -0.2) is 0 Å². The molecule has 4 N–H and O–H groups in total. The molecule has 2 unspecified atom stereocenters. The van der Waals surface area contributed by atoms with Gasteiger partial charge in [0.2, 0.25) is 5.91 Å². The second-order valence-electron chi connectivity index (χ2n) is 11.2. The molecule has 0 aliphatic carbocycles. The number of ether oxygens (including phenoxy) is 1. The highest BCUT2D eigenvalue weighted by atomic mass is 16.6. The predicted molar refractivity (Wildman–Crippen MR) is 170 cm³/mol. The van der Waals surface area contributed by atoms with E-state index in [0.717, 1.165) is 23.8 Å². The van der Waals surface area contributed by atoms with E-state index < -0.39 is 36.1 Å². The standard InChI is InChI=1S/C26H33N3O5.C9H10O/c1-17(2)12-21(23(31)26(15-30)16-34-26)28-25(33)22(14-27-3)29-24(32)20-11-7-10-19(13-20)18-8-5-4-6-9-18;10-8-4-7-9-5-2-1-3-6-9/h4-11,13,17,21-22,27,30H,12,14-16H2,1-3H3,(H,28,33)(H,29,32);1-3,5-6,8H,4,7H2/t21?,22-,26?;/m0./s1. The molecule has 0 radical (unpaired) electrons.